The van der Waals surface area contributed by atoms with Crippen LogP contribution in [0.4, 0.5) is 4.39 Å². The highest BCUT2D eigenvalue weighted by Crippen LogP contribution is 2.25. The largest absolute Gasteiger partial charge is 0.481 e. The van der Waals surface area contributed by atoms with Gasteiger partial charge in [-0.05, 0) is 50.5 Å². The molecule has 0 saturated carbocycles. The number of aliphatic carboxylic acids is 1. The van der Waals surface area contributed by atoms with Gasteiger partial charge >= 0.3 is 5.97 Å². The average Bonchev–Trinajstić information content (AvgIpc) is 2.22. The van der Waals surface area contributed by atoms with E-state index in [0.29, 0.717) is 23.0 Å². The Balaban J connectivity index is 3.18. The Morgan fingerprint density at radius 1 is 1.47 bits per heavy atom. The van der Waals surface area contributed by atoms with E-state index in [2.05, 4.69) is 0 Å². The summed E-state index contributed by atoms with van der Waals surface area (Å²) in [5, 5.41) is 9.01. The van der Waals surface area contributed by atoms with Crippen LogP contribution in [0.1, 0.15) is 35.3 Å². The molecule has 0 aliphatic carbocycles. The molecular formula is C13H15FO3. The summed E-state index contributed by atoms with van der Waals surface area (Å²) in [6.07, 6.45) is 0.743. The van der Waals surface area contributed by atoms with Gasteiger partial charge in [0.1, 0.15) is 12.1 Å². The van der Waals surface area contributed by atoms with E-state index in [0.717, 1.165) is 0 Å². The molecule has 0 aliphatic rings. The molecule has 0 unspecified atom stereocenters. The molecule has 0 heterocycles. The van der Waals surface area contributed by atoms with E-state index in [1.54, 1.807) is 20.8 Å². The van der Waals surface area contributed by atoms with Gasteiger partial charge in [-0.3, -0.25) is 9.59 Å². The lowest BCUT2D eigenvalue weighted by molar-refractivity contribution is -0.146. The molecule has 0 fully saturated rings. The summed E-state index contributed by atoms with van der Waals surface area (Å²) in [5.74, 6) is -1.40. The summed E-state index contributed by atoms with van der Waals surface area (Å²) in [6, 6.07) is 2.68. The molecule has 4 heteroatoms. The molecule has 0 aliphatic heterocycles. The van der Waals surface area contributed by atoms with Crippen LogP contribution in [-0.2, 0) is 11.2 Å². The number of rotatable bonds is 4. The Morgan fingerprint density at radius 2 is 2.06 bits per heavy atom. The van der Waals surface area contributed by atoms with Crippen molar-refractivity contribution < 1.29 is 19.1 Å². The smallest absolute Gasteiger partial charge is 0.309 e. The fourth-order valence-electron chi connectivity index (χ4n) is 1.56. The molecule has 0 spiro atoms. The number of carboxylic acid groups (broad SMARTS) is 1. The summed E-state index contributed by atoms with van der Waals surface area (Å²) < 4.78 is 13.4. The standard InChI is InChI=1S/C13H15FO3/c1-8-4-10(7-15)9(5-11(8)14)6-13(2,3)12(16)17/h4-5,7H,6H2,1-3H3,(H,16,17). The topological polar surface area (TPSA) is 54.4 Å². The van der Waals surface area contributed by atoms with Gasteiger partial charge in [0.25, 0.3) is 0 Å². The summed E-state index contributed by atoms with van der Waals surface area (Å²) in [7, 11) is 0. The Morgan fingerprint density at radius 3 is 2.53 bits per heavy atom. The molecule has 1 aromatic rings. The Hall–Kier alpha value is -1.71. The molecule has 0 bridgehead atoms. The summed E-state index contributed by atoms with van der Waals surface area (Å²) >= 11 is 0. The first kappa shape index (κ1) is 13.4. The van der Waals surface area contributed by atoms with Crippen LogP contribution in [0.25, 0.3) is 0 Å². The number of aldehydes is 1. The minimum atomic E-state index is -1.03. The Kier molecular flexibility index (Phi) is 3.66. The quantitative estimate of drug-likeness (QED) is 0.820. The molecule has 0 amide bonds. The minimum absolute atomic E-state index is 0.119. The molecule has 3 nitrogen and oxygen atoms in total. The van der Waals surface area contributed by atoms with Crippen LogP contribution in [0, 0.1) is 18.2 Å². The van der Waals surface area contributed by atoms with Crippen molar-refractivity contribution >= 4 is 12.3 Å². The van der Waals surface area contributed by atoms with Crippen LogP contribution in [0.5, 0.6) is 0 Å². The van der Waals surface area contributed by atoms with Gasteiger partial charge in [-0.15, -0.1) is 0 Å². The third-order valence-electron chi connectivity index (χ3n) is 2.76. The van der Waals surface area contributed by atoms with Gasteiger partial charge < -0.3 is 5.11 Å². The molecule has 1 rings (SSSR count). The van der Waals surface area contributed by atoms with Gasteiger partial charge in [-0.2, -0.15) is 0 Å². The maximum absolute atomic E-state index is 13.4. The maximum atomic E-state index is 13.4. The third kappa shape index (κ3) is 2.90. The normalized spacial score (nSPS) is 11.3. The number of carbonyl (C=O) groups is 2. The monoisotopic (exact) mass is 238 g/mol. The predicted molar refractivity (Wildman–Crippen MR) is 61.6 cm³/mol. The number of benzene rings is 1. The summed E-state index contributed by atoms with van der Waals surface area (Å²) in [6.45, 7) is 4.65. The molecule has 0 saturated heterocycles. The van der Waals surface area contributed by atoms with Crippen molar-refractivity contribution in [3.05, 3.63) is 34.6 Å². The van der Waals surface area contributed by atoms with Crippen molar-refractivity contribution in [2.45, 2.75) is 27.2 Å². The van der Waals surface area contributed by atoms with Crippen LogP contribution >= 0.6 is 0 Å². The van der Waals surface area contributed by atoms with E-state index < -0.39 is 17.2 Å². The van der Waals surface area contributed by atoms with Crippen molar-refractivity contribution in [1.82, 2.24) is 0 Å². The minimum Gasteiger partial charge on any atom is -0.481 e. The molecule has 0 atom stereocenters. The first-order chi connectivity index (χ1) is 7.77. The van der Waals surface area contributed by atoms with Crippen molar-refractivity contribution in [1.29, 1.82) is 0 Å². The molecule has 92 valence electrons. The third-order valence-corrected chi connectivity index (χ3v) is 2.76. The number of carboxylic acids is 1. The highest BCUT2D eigenvalue weighted by Gasteiger charge is 2.28. The van der Waals surface area contributed by atoms with Gasteiger partial charge in [-0.25, -0.2) is 4.39 Å². The van der Waals surface area contributed by atoms with Crippen LogP contribution in [0.3, 0.4) is 0 Å². The summed E-state index contributed by atoms with van der Waals surface area (Å²) in [5.41, 5.74) is 0.122. The predicted octanol–water partition coefficient (Wildman–Crippen LogP) is 2.60. The van der Waals surface area contributed by atoms with E-state index in [4.69, 9.17) is 5.11 Å². The van der Waals surface area contributed by atoms with Gasteiger partial charge in [0, 0.05) is 5.56 Å². The lowest BCUT2D eigenvalue weighted by atomic mass is 9.84. The van der Waals surface area contributed by atoms with E-state index >= 15 is 0 Å². The highest BCUT2D eigenvalue weighted by atomic mass is 19.1. The SMILES string of the molecule is Cc1cc(C=O)c(CC(C)(C)C(=O)O)cc1F. The second kappa shape index (κ2) is 4.65. The van der Waals surface area contributed by atoms with Gasteiger partial charge in [-0.1, -0.05) is 0 Å². The summed E-state index contributed by atoms with van der Waals surface area (Å²) in [4.78, 5) is 21.9. The number of carbonyl (C=O) groups excluding carboxylic acids is 1. The first-order valence-electron chi connectivity index (χ1n) is 5.25. The number of halogens is 1. The van der Waals surface area contributed by atoms with Crippen LogP contribution in [0.15, 0.2) is 12.1 Å². The number of aryl methyl sites for hydroxylation is 1. The fourth-order valence-corrected chi connectivity index (χ4v) is 1.56. The zero-order valence-electron chi connectivity index (χ0n) is 10.1. The van der Waals surface area contributed by atoms with Crippen molar-refractivity contribution in [2.24, 2.45) is 5.41 Å². The molecule has 0 aromatic heterocycles. The molecule has 17 heavy (non-hydrogen) atoms. The van der Waals surface area contributed by atoms with Gasteiger partial charge in [0.05, 0.1) is 5.41 Å². The Labute approximate surface area is 99.3 Å². The zero-order chi connectivity index (χ0) is 13.2. The number of hydrogen-bond donors (Lipinski definition) is 1. The fraction of sp³-hybridized carbons (Fsp3) is 0.385. The Bertz CT molecular complexity index is 464. The second-order valence-electron chi connectivity index (χ2n) is 4.78. The van der Waals surface area contributed by atoms with Crippen LogP contribution < -0.4 is 0 Å². The first-order valence-corrected chi connectivity index (χ1v) is 5.25. The molecule has 1 N–H and O–H groups in total. The molecule has 1 aromatic carbocycles. The maximum Gasteiger partial charge on any atom is 0.309 e. The second-order valence-corrected chi connectivity index (χ2v) is 4.78. The highest BCUT2D eigenvalue weighted by molar-refractivity contribution is 5.79. The lowest BCUT2D eigenvalue weighted by Crippen LogP contribution is -2.26. The molecule has 0 radical (unpaired) electrons. The van der Waals surface area contributed by atoms with E-state index in [1.807, 2.05) is 0 Å². The van der Waals surface area contributed by atoms with Crippen molar-refractivity contribution in [3.63, 3.8) is 0 Å². The number of hydrogen-bond acceptors (Lipinski definition) is 2. The molecular weight excluding hydrogens is 223 g/mol. The van der Waals surface area contributed by atoms with E-state index in [-0.39, 0.29) is 6.42 Å². The van der Waals surface area contributed by atoms with Crippen LogP contribution in [-0.4, -0.2) is 17.4 Å². The van der Waals surface area contributed by atoms with Gasteiger partial charge in [0.2, 0.25) is 0 Å². The van der Waals surface area contributed by atoms with Crippen molar-refractivity contribution in [2.75, 3.05) is 0 Å². The lowest BCUT2D eigenvalue weighted by Gasteiger charge is -2.20. The van der Waals surface area contributed by atoms with Crippen molar-refractivity contribution in [3.8, 4) is 0 Å². The van der Waals surface area contributed by atoms with Gasteiger partial charge in [0.15, 0.2) is 0 Å². The average molecular weight is 238 g/mol. The zero-order valence-corrected chi connectivity index (χ0v) is 10.1. The van der Waals surface area contributed by atoms with E-state index in [9.17, 15) is 14.0 Å². The van der Waals surface area contributed by atoms with Crippen LogP contribution in [0.2, 0.25) is 0 Å². The van der Waals surface area contributed by atoms with E-state index in [1.165, 1.54) is 12.1 Å².